The van der Waals surface area contributed by atoms with Gasteiger partial charge in [-0.05, 0) is 72.2 Å². The molecule has 0 spiro atoms. The summed E-state index contributed by atoms with van der Waals surface area (Å²) in [6.07, 6.45) is 7.58. The standard InChI is InChI=1S/C30H39N9O/c1-20(2)36-8-10-37(11-9-36)25-15-24(17-31-18-25)27-19-38(35-33-27)28-13-23(16-32-22(28)4)14-29(40)26-12-21(3)39(34-26)30(5,6)7/h12-13,15-20H,8-11,14H2,1-7H3. The minimum absolute atomic E-state index is 0.0425. The zero-order valence-corrected chi connectivity index (χ0v) is 24.6. The first-order chi connectivity index (χ1) is 19.0. The number of rotatable bonds is 7. The van der Waals surface area contributed by atoms with Gasteiger partial charge in [-0.15, -0.1) is 5.10 Å². The van der Waals surface area contributed by atoms with E-state index in [2.05, 4.69) is 75.9 Å². The number of piperazine rings is 1. The smallest absolute Gasteiger partial charge is 0.187 e. The van der Waals surface area contributed by atoms with E-state index >= 15 is 0 Å². The van der Waals surface area contributed by atoms with E-state index in [0.29, 0.717) is 11.7 Å². The highest BCUT2D eigenvalue weighted by molar-refractivity contribution is 5.95. The average molecular weight is 542 g/mol. The number of nitrogens with zero attached hydrogens (tertiary/aromatic N) is 9. The summed E-state index contributed by atoms with van der Waals surface area (Å²) in [7, 11) is 0. The Bertz CT molecular complexity index is 1500. The fourth-order valence-electron chi connectivity index (χ4n) is 5.21. The van der Waals surface area contributed by atoms with Crippen LogP contribution in [0.3, 0.4) is 0 Å². The van der Waals surface area contributed by atoms with E-state index in [-0.39, 0.29) is 17.7 Å². The van der Waals surface area contributed by atoms with Gasteiger partial charge < -0.3 is 4.90 Å². The molecule has 10 heteroatoms. The first kappa shape index (κ1) is 27.6. The first-order valence-electron chi connectivity index (χ1n) is 13.9. The van der Waals surface area contributed by atoms with Gasteiger partial charge in [-0.1, -0.05) is 5.21 Å². The van der Waals surface area contributed by atoms with Crippen molar-refractivity contribution < 1.29 is 4.79 Å². The van der Waals surface area contributed by atoms with E-state index in [9.17, 15) is 4.79 Å². The summed E-state index contributed by atoms with van der Waals surface area (Å²) in [6, 6.07) is 6.50. The Morgan fingerprint density at radius 2 is 1.75 bits per heavy atom. The number of pyridine rings is 2. The molecule has 0 saturated carbocycles. The van der Waals surface area contributed by atoms with Crippen molar-refractivity contribution >= 4 is 11.5 Å². The Labute approximate surface area is 236 Å². The van der Waals surface area contributed by atoms with Crippen LogP contribution in [-0.4, -0.2) is 77.6 Å². The fourth-order valence-corrected chi connectivity index (χ4v) is 5.21. The summed E-state index contributed by atoms with van der Waals surface area (Å²) in [5.41, 5.74) is 6.37. The monoisotopic (exact) mass is 541 g/mol. The molecule has 0 radical (unpaired) electrons. The molecule has 40 heavy (non-hydrogen) atoms. The summed E-state index contributed by atoms with van der Waals surface area (Å²) >= 11 is 0. The Balaban J connectivity index is 1.33. The number of aryl methyl sites for hydroxylation is 2. The number of carbonyl (C=O) groups is 1. The Morgan fingerprint density at radius 1 is 1.00 bits per heavy atom. The lowest BCUT2D eigenvalue weighted by Crippen LogP contribution is -2.48. The minimum Gasteiger partial charge on any atom is -0.368 e. The third-order valence-corrected chi connectivity index (χ3v) is 7.46. The molecule has 1 saturated heterocycles. The number of carbonyl (C=O) groups excluding carboxylic acids is 1. The van der Waals surface area contributed by atoms with E-state index < -0.39 is 0 Å². The summed E-state index contributed by atoms with van der Waals surface area (Å²) in [4.78, 5) is 27.0. The Kier molecular flexibility index (Phi) is 7.55. The van der Waals surface area contributed by atoms with Crippen LogP contribution in [-0.2, 0) is 12.0 Å². The van der Waals surface area contributed by atoms with Crippen molar-refractivity contribution in [1.29, 1.82) is 0 Å². The van der Waals surface area contributed by atoms with Crippen LogP contribution in [0.1, 0.15) is 62.1 Å². The summed E-state index contributed by atoms with van der Waals surface area (Å²) in [6.45, 7) is 18.6. The molecular formula is C30H39N9O. The van der Waals surface area contributed by atoms with E-state index in [1.807, 2.05) is 49.3 Å². The van der Waals surface area contributed by atoms with Gasteiger partial charge in [0.15, 0.2) is 5.78 Å². The van der Waals surface area contributed by atoms with Crippen LogP contribution in [0, 0.1) is 13.8 Å². The zero-order valence-electron chi connectivity index (χ0n) is 24.6. The van der Waals surface area contributed by atoms with Crippen LogP contribution in [0.5, 0.6) is 0 Å². The SMILES string of the molecule is Cc1ncc(CC(=O)c2cc(C)n(C(C)(C)C)n2)cc1-n1cc(-c2cncc(N3CCN(C(C)C)CC3)c2)nn1. The predicted octanol–water partition coefficient (Wildman–Crippen LogP) is 4.25. The quantitative estimate of drug-likeness (QED) is 0.320. The van der Waals surface area contributed by atoms with Gasteiger partial charge in [0.05, 0.1) is 35.0 Å². The van der Waals surface area contributed by atoms with Crippen LogP contribution in [0.15, 0.2) is 43.0 Å². The maximum Gasteiger partial charge on any atom is 0.187 e. The highest BCUT2D eigenvalue weighted by atomic mass is 16.1. The highest BCUT2D eigenvalue weighted by Crippen LogP contribution is 2.25. The number of Topliss-reactive ketones (excluding diaryl/α,β-unsaturated/α-hetero) is 1. The summed E-state index contributed by atoms with van der Waals surface area (Å²) in [5.74, 6) is -0.0425. The first-order valence-corrected chi connectivity index (χ1v) is 13.9. The molecule has 0 aromatic carbocycles. The molecule has 0 atom stereocenters. The number of hydrogen-bond donors (Lipinski definition) is 0. The van der Waals surface area contributed by atoms with Crippen molar-refractivity contribution in [3.05, 3.63) is 65.6 Å². The average Bonchev–Trinajstić information content (AvgIpc) is 3.57. The second kappa shape index (κ2) is 10.9. The molecule has 4 aromatic rings. The molecule has 10 nitrogen and oxygen atoms in total. The molecule has 1 aliphatic rings. The Morgan fingerprint density at radius 3 is 2.42 bits per heavy atom. The third kappa shape index (κ3) is 5.82. The molecule has 5 heterocycles. The van der Waals surface area contributed by atoms with Crippen molar-refractivity contribution in [2.75, 3.05) is 31.1 Å². The molecule has 0 amide bonds. The molecule has 1 fully saturated rings. The molecule has 210 valence electrons. The molecule has 0 unspecified atom stereocenters. The van der Waals surface area contributed by atoms with E-state index in [1.165, 1.54) is 0 Å². The van der Waals surface area contributed by atoms with Crippen LogP contribution in [0.4, 0.5) is 5.69 Å². The molecule has 0 bridgehead atoms. The lowest BCUT2D eigenvalue weighted by molar-refractivity contribution is 0.0986. The van der Waals surface area contributed by atoms with Crippen molar-refractivity contribution in [1.82, 2.24) is 39.6 Å². The van der Waals surface area contributed by atoms with Gasteiger partial charge in [0, 0.05) is 62.3 Å². The summed E-state index contributed by atoms with van der Waals surface area (Å²) < 4.78 is 3.61. The second-order valence-electron chi connectivity index (χ2n) is 11.9. The van der Waals surface area contributed by atoms with Crippen LogP contribution >= 0.6 is 0 Å². The normalized spacial score (nSPS) is 14.8. The molecule has 0 aliphatic carbocycles. The van der Waals surface area contributed by atoms with Crippen LogP contribution in [0.25, 0.3) is 16.9 Å². The van der Waals surface area contributed by atoms with Gasteiger partial charge in [0.25, 0.3) is 0 Å². The predicted molar refractivity (Wildman–Crippen MR) is 156 cm³/mol. The molecule has 0 N–H and O–H groups in total. The topological polar surface area (TPSA) is 97.9 Å². The van der Waals surface area contributed by atoms with Gasteiger partial charge in [-0.25, -0.2) is 4.68 Å². The number of aromatic nitrogens is 7. The molecule has 5 rings (SSSR count). The summed E-state index contributed by atoms with van der Waals surface area (Å²) in [5, 5.41) is 13.4. The maximum absolute atomic E-state index is 13.1. The Hall–Kier alpha value is -3.92. The lowest BCUT2D eigenvalue weighted by atomic mass is 10.1. The van der Waals surface area contributed by atoms with Gasteiger partial charge in [0.2, 0.25) is 0 Å². The van der Waals surface area contributed by atoms with E-state index in [0.717, 1.165) is 65.8 Å². The molecular weight excluding hydrogens is 502 g/mol. The minimum atomic E-state index is -0.191. The van der Waals surface area contributed by atoms with Crippen molar-refractivity contribution in [2.45, 2.75) is 66.5 Å². The van der Waals surface area contributed by atoms with Crippen LogP contribution < -0.4 is 4.90 Å². The highest BCUT2D eigenvalue weighted by Gasteiger charge is 2.22. The van der Waals surface area contributed by atoms with Gasteiger partial charge in [0.1, 0.15) is 11.4 Å². The number of hydrogen-bond acceptors (Lipinski definition) is 8. The van der Waals surface area contributed by atoms with Crippen LogP contribution in [0.2, 0.25) is 0 Å². The fraction of sp³-hybridized carbons (Fsp3) is 0.467. The van der Waals surface area contributed by atoms with E-state index in [1.54, 1.807) is 10.9 Å². The van der Waals surface area contributed by atoms with Crippen molar-refractivity contribution in [3.63, 3.8) is 0 Å². The second-order valence-corrected chi connectivity index (χ2v) is 11.9. The van der Waals surface area contributed by atoms with E-state index in [4.69, 9.17) is 0 Å². The third-order valence-electron chi connectivity index (χ3n) is 7.46. The molecule has 1 aliphatic heterocycles. The zero-order chi connectivity index (χ0) is 28.6. The maximum atomic E-state index is 13.1. The number of ketones is 1. The molecule has 4 aromatic heterocycles. The largest absolute Gasteiger partial charge is 0.368 e. The van der Waals surface area contributed by atoms with Gasteiger partial charge in [-0.2, -0.15) is 5.10 Å². The number of anilines is 1. The van der Waals surface area contributed by atoms with Gasteiger partial charge in [-0.3, -0.25) is 24.3 Å². The van der Waals surface area contributed by atoms with Crippen molar-refractivity contribution in [2.24, 2.45) is 0 Å². The van der Waals surface area contributed by atoms with Crippen molar-refractivity contribution in [3.8, 4) is 16.9 Å². The lowest BCUT2D eigenvalue weighted by Gasteiger charge is -2.38. The van der Waals surface area contributed by atoms with Gasteiger partial charge >= 0.3 is 0 Å².